The lowest BCUT2D eigenvalue weighted by Gasteiger charge is -2.07. The highest BCUT2D eigenvalue weighted by Gasteiger charge is 2.14. The zero-order valence-corrected chi connectivity index (χ0v) is 7.00. The van der Waals surface area contributed by atoms with Gasteiger partial charge in [0.15, 0.2) is 0 Å². The first kappa shape index (κ1) is 10.4. The number of nitrogens with one attached hydrogen (secondary N) is 1. The molecule has 4 nitrogen and oxygen atoms in total. The summed E-state index contributed by atoms with van der Waals surface area (Å²) in [6, 6.07) is 3.21. The fourth-order valence-corrected chi connectivity index (χ4v) is 1.00. The lowest BCUT2D eigenvalue weighted by molar-refractivity contribution is 0.0697. The Kier molecular flexibility index (Phi) is 2.98. The van der Waals surface area contributed by atoms with Gasteiger partial charge in [-0.05, 0) is 12.1 Å². The molecule has 0 aliphatic rings. The van der Waals surface area contributed by atoms with E-state index in [1.54, 1.807) is 0 Å². The van der Waals surface area contributed by atoms with Crippen LogP contribution in [0.3, 0.4) is 0 Å². The van der Waals surface area contributed by atoms with Gasteiger partial charge < -0.3 is 10.5 Å². The molecule has 1 aromatic carbocycles. The second-order valence-electron chi connectivity index (χ2n) is 2.56. The fraction of sp³-hybridized carbons (Fsp3) is 0.125. The molecule has 0 atom stereocenters. The highest BCUT2D eigenvalue weighted by Crippen LogP contribution is 2.24. The van der Waals surface area contributed by atoms with Gasteiger partial charge in [-0.15, -0.1) is 0 Å². The van der Waals surface area contributed by atoms with Crippen LogP contribution in [0.25, 0.3) is 0 Å². The largest absolute Gasteiger partial charge is 0.478 e. The molecular formula is C8H8F2N2O2. The second-order valence-corrected chi connectivity index (χ2v) is 2.56. The van der Waals surface area contributed by atoms with Crippen molar-refractivity contribution >= 4 is 11.7 Å². The van der Waals surface area contributed by atoms with E-state index in [0.29, 0.717) is 0 Å². The van der Waals surface area contributed by atoms with Crippen LogP contribution >= 0.6 is 0 Å². The van der Waals surface area contributed by atoms with Crippen molar-refractivity contribution < 1.29 is 18.7 Å². The van der Waals surface area contributed by atoms with Crippen molar-refractivity contribution in [3.63, 3.8) is 0 Å². The van der Waals surface area contributed by atoms with E-state index in [-0.39, 0.29) is 16.8 Å². The minimum absolute atomic E-state index is 0.0990. The highest BCUT2D eigenvalue weighted by molar-refractivity contribution is 5.94. The third-order valence-corrected chi connectivity index (χ3v) is 1.68. The van der Waals surface area contributed by atoms with Gasteiger partial charge in [-0.3, -0.25) is 5.84 Å². The molecule has 0 bridgehead atoms. The zero-order chi connectivity index (χ0) is 10.7. The molecule has 0 saturated carbocycles. The Morgan fingerprint density at radius 2 is 2.14 bits per heavy atom. The minimum Gasteiger partial charge on any atom is -0.478 e. The summed E-state index contributed by atoms with van der Waals surface area (Å²) in [7, 11) is 0. The Balaban J connectivity index is 3.21. The number of rotatable bonds is 3. The van der Waals surface area contributed by atoms with Crippen molar-refractivity contribution in [2.24, 2.45) is 5.84 Å². The first-order valence-electron chi connectivity index (χ1n) is 3.68. The molecule has 1 rings (SSSR count). The molecule has 1 aromatic rings. The van der Waals surface area contributed by atoms with E-state index in [0.717, 1.165) is 12.1 Å². The Morgan fingerprint density at radius 1 is 1.50 bits per heavy atom. The number of hydrazine groups is 1. The van der Waals surface area contributed by atoms with Gasteiger partial charge in [0.2, 0.25) is 0 Å². The van der Waals surface area contributed by atoms with Crippen molar-refractivity contribution in [3.8, 4) is 0 Å². The standard InChI is InChI=1S/C8H8F2N2O2/c9-7(10)4-1-2-6(12-11)5(3-4)8(13)14/h1-3,7,12H,11H2,(H,13,14). The summed E-state index contributed by atoms with van der Waals surface area (Å²) in [5.74, 6) is 3.71. The highest BCUT2D eigenvalue weighted by atomic mass is 19.3. The van der Waals surface area contributed by atoms with Gasteiger partial charge >= 0.3 is 5.97 Å². The molecule has 4 N–H and O–H groups in total. The summed E-state index contributed by atoms with van der Waals surface area (Å²) < 4.78 is 24.4. The predicted octanol–water partition coefficient (Wildman–Crippen LogP) is 1.61. The van der Waals surface area contributed by atoms with Crippen molar-refractivity contribution in [1.29, 1.82) is 0 Å². The van der Waals surface area contributed by atoms with E-state index in [2.05, 4.69) is 5.43 Å². The number of alkyl halides is 2. The first-order chi connectivity index (χ1) is 6.56. The maximum Gasteiger partial charge on any atom is 0.337 e. The quantitative estimate of drug-likeness (QED) is 0.514. The molecule has 76 valence electrons. The lowest BCUT2D eigenvalue weighted by atomic mass is 10.1. The van der Waals surface area contributed by atoms with Gasteiger partial charge in [-0.2, -0.15) is 0 Å². The molecule has 0 fully saturated rings. The topological polar surface area (TPSA) is 75.3 Å². The Bertz CT molecular complexity index is 355. The molecule has 0 unspecified atom stereocenters. The smallest absolute Gasteiger partial charge is 0.337 e. The summed E-state index contributed by atoms with van der Waals surface area (Å²) in [6.07, 6.45) is -2.69. The van der Waals surface area contributed by atoms with Crippen molar-refractivity contribution in [1.82, 2.24) is 0 Å². The number of carbonyl (C=O) groups is 1. The van der Waals surface area contributed by atoms with Gasteiger partial charge in [-0.1, -0.05) is 6.07 Å². The van der Waals surface area contributed by atoms with Crippen LogP contribution in [0.1, 0.15) is 22.3 Å². The summed E-state index contributed by atoms with van der Waals surface area (Å²) in [5, 5.41) is 8.66. The number of carboxylic acid groups (broad SMARTS) is 1. The van der Waals surface area contributed by atoms with E-state index >= 15 is 0 Å². The average molecular weight is 202 g/mol. The van der Waals surface area contributed by atoms with Crippen LogP contribution in [-0.4, -0.2) is 11.1 Å². The van der Waals surface area contributed by atoms with Crippen LogP contribution in [0.5, 0.6) is 0 Å². The van der Waals surface area contributed by atoms with Gasteiger partial charge in [0.25, 0.3) is 6.43 Å². The fourth-order valence-electron chi connectivity index (χ4n) is 1.00. The molecule has 0 aromatic heterocycles. The number of nitrogen functional groups attached to an aromatic ring is 1. The molecular weight excluding hydrogens is 194 g/mol. The number of hydrogen-bond acceptors (Lipinski definition) is 3. The first-order valence-corrected chi connectivity index (χ1v) is 3.68. The Labute approximate surface area is 78.3 Å². The number of anilines is 1. The molecule has 0 heterocycles. The molecule has 0 saturated heterocycles. The maximum atomic E-state index is 12.2. The molecule has 0 radical (unpaired) electrons. The number of carboxylic acids is 1. The minimum atomic E-state index is -2.69. The predicted molar refractivity (Wildman–Crippen MR) is 46.2 cm³/mol. The van der Waals surface area contributed by atoms with Gasteiger partial charge in [0.05, 0.1) is 11.3 Å². The summed E-state index contributed by atoms with van der Waals surface area (Å²) >= 11 is 0. The van der Waals surface area contributed by atoms with Crippen LogP contribution in [0.15, 0.2) is 18.2 Å². The molecule has 0 spiro atoms. The van der Waals surface area contributed by atoms with Crippen LogP contribution in [0.2, 0.25) is 0 Å². The van der Waals surface area contributed by atoms with Crippen LogP contribution < -0.4 is 11.3 Å². The van der Waals surface area contributed by atoms with E-state index in [9.17, 15) is 13.6 Å². The van der Waals surface area contributed by atoms with Crippen LogP contribution in [0.4, 0.5) is 14.5 Å². The Morgan fingerprint density at radius 3 is 2.57 bits per heavy atom. The van der Waals surface area contributed by atoms with Crippen molar-refractivity contribution in [2.75, 3.05) is 5.43 Å². The number of aromatic carboxylic acids is 1. The normalized spacial score (nSPS) is 10.3. The SMILES string of the molecule is NNc1ccc(C(F)F)cc1C(=O)O. The number of benzene rings is 1. The molecule has 14 heavy (non-hydrogen) atoms. The van der Waals surface area contributed by atoms with Crippen molar-refractivity contribution in [3.05, 3.63) is 29.3 Å². The van der Waals surface area contributed by atoms with E-state index < -0.39 is 12.4 Å². The summed E-state index contributed by atoms with van der Waals surface area (Å²) in [4.78, 5) is 10.6. The number of nitrogens with two attached hydrogens (primary N) is 1. The zero-order valence-electron chi connectivity index (χ0n) is 7.00. The monoisotopic (exact) mass is 202 g/mol. The third kappa shape index (κ3) is 1.97. The van der Waals surface area contributed by atoms with E-state index in [4.69, 9.17) is 10.9 Å². The van der Waals surface area contributed by atoms with E-state index in [1.807, 2.05) is 0 Å². The Hall–Kier alpha value is -1.69. The van der Waals surface area contributed by atoms with Crippen LogP contribution in [0, 0.1) is 0 Å². The van der Waals surface area contributed by atoms with Gasteiger partial charge in [0, 0.05) is 5.56 Å². The number of hydrogen-bond donors (Lipinski definition) is 3. The summed E-state index contributed by atoms with van der Waals surface area (Å²) in [5.41, 5.74) is 1.60. The molecule has 0 aliphatic heterocycles. The average Bonchev–Trinajstić information content (AvgIpc) is 2.16. The van der Waals surface area contributed by atoms with Crippen molar-refractivity contribution in [2.45, 2.75) is 6.43 Å². The van der Waals surface area contributed by atoms with E-state index in [1.165, 1.54) is 6.07 Å². The lowest BCUT2D eigenvalue weighted by Crippen LogP contribution is -2.12. The van der Waals surface area contributed by atoms with Crippen LogP contribution in [-0.2, 0) is 0 Å². The molecule has 0 aliphatic carbocycles. The van der Waals surface area contributed by atoms with Gasteiger partial charge in [-0.25, -0.2) is 13.6 Å². The second kappa shape index (κ2) is 4.01. The third-order valence-electron chi connectivity index (χ3n) is 1.68. The molecule has 0 amide bonds. The van der Waals surface area contributed by atoms with Gasteiger partial charge in [0.1, 0.15) is 0 Å². The molecule has 6 heteroatoms. The maximum absolute atomic E-state index is 12.2. The summed E-state index contributed by atoms with van der Waals surface area (Å²) in [6.45, 7) is 0. The number of halogens is 2.